The van der Waals surface area contributed by atoms with Crippen molar-refractivity contribution in [3.05, 3.63) is 77.9 Å². The van der Waals surface area contributed by atoms with Gasteiger partial charge in [-0.05, 0) is 43.7 Å². The molecule has 0 aliphatic carbocycles. The van der Waals surface area contributed by atoms with E-state index in [1.807, 2.05) is 73.3 Å². The van der Waals surface area contributed by atoms with Gasteiger partial charge in [-0.25, -0.2) is 19.9 Å². The molecule has 0 spiro atoms. The molecule has 0 atom stereocenters. The molecule has 3 aromatic heterocycles. The molecule has 0 unspecified atom stereocenters. The van der Waals surface area contributed by atoms with Gasteiger partial charge in [0.2, 0.25) is 0 Å². The summed E-state index contributed by atoms with van der Waals surface area (Å²) in [4.78, 5) is 35.1. The minimum Gasteiger partial charge on any atom is -0.353 e. The van der Waals surface area contributed by atoms with Crippen molar-refractivity contribution in [1.82, 2.24) is 24.8 Å². The zero-order valence-electron chi connectivity index (χ0n) is 18.7. The molecular formula is C25H25N7O. The predicted octanol–water partition coefficient (Wildman–Crippen LogP) is 3.74. The van der Waals surface area contributed by atoms with Crippen LogP contribution in [-0.2, 0) is 0 Å². The number of para-hydroxylation sites is 1. The fourth-order valence-corrected chi connectivity index (χ4v) is 4.00. The normalized spacial score (nSPS) is 13.9. The van der Waals surface area contributed by atoms with Crippen LogP contribution in [0.25, 0.3) is 10.9 Å². The van der Waals surface area contributed by atoms with Crippen LogP contribution in [0, 0.1) is 13.8 Å². The van der Waals surface area contributed by atoms with Crippen LogP contribution in [0.4, 0.5) is 17.5 Å². The minimum absolute atomic E-state index is 0.0350. The van der Waals surface area contributed by atoms with Crippen LogP contribution >= 0.6 is 0 Å². The summed E-state index contributed by atoms with van der Waals surface area (Å²) in [6, 6.07) is 17.5. The Labute approximate surface area is 192 Å². The monoisotopic (exact) mass is 439 g/mol. The average Bonchev–Trinajstić information content (AvgIpc) is 2.83. The van der Waals surface area contributed by atoms with Gasteiger partial charge in [-0.15, -0.1) is 0 Å². The Hall–Kier alpha value is -4.07. The number of hydrogen-bond donors (Lipinski definition) is 1. The number of fused-ring (bicyclic) bond motifs is 1. The van der Waals surface area contributed by atoms with Crippen molar-refractivity contribution in [3.63, 3.8) is 0 Å². The molecule has 1 aromatic carbocycles. The Bertz CT molecular complexity index is 1320. The zero-order valence-corrected chi connectivity index (χ0v) is 18.7. The maximum absolute atomic E-state index is 13.0. The van der Waals surface area contributed by atoms with Gasteiger partial charge in [0.15, 0.2) is 0 Å². The summed E-state index contributed by atoms with van der Waals surface area (Å²) in [6.45, 7) is 6.51. The fourth-order valence-electron chi connectivity index (χ4n) is 4.00. The summed E-state index contributed by atoms with van der Waals surface area (Å²) in [5.74, 6) is 2.94. The van der Waals surface area contributed by atoms with Crippen LogP contribution in [0.5, 0.6) is 0 Å². The number of piperazine rings is 1. The number of benzene rings is 1. The van der Waals surface area contributed by atoms with E-state index in [1.165, 1.54) is 0 Å². The number of anilines is 3. The standard InChI is InChI=1S/C25H25N7O/c1-17-9-10-26-22(15-17)30-23-16-24(28-18(2)27-23)31-11-13-32(14-12-31)25(33)21-8-7-19-5-3-4-6-20(19)29-21/h3-10,15-16H,11-14H2,1-2H3,(H,26,27,28,30). The molecule has 1 amide bonds. The van der Waals surface area contributed by atoms with Crippen molar-refractivity contribution >= 4 is 34.3 Å². The lowest BCUT2D eigenvalue weighted by atomic mass is 10.2. The van der Waals surface area contributed by atoms with Gasteiger partial charge >= 0.3 is 0 Å². The Morgan fingerprint density at radius 3 is 2.52 bits per heavy atom. The lowest BCUT2D eigenvalue weighted by Gasteiger charge is -2.35. The number of carbonyl (C=O) groups is 1. The molecule has 8 heteroatoms. The van der Waals surface area contributed by atoms with Gasteiger partial charge in [0, 0.05) is 43.8 Å². The summed E-state index contributed by atoms with van der Waals surface area (Å²) < 4.78 is 0. The van der Waals surface area contributed by atoms with E-state index in [2.05, 4.69) is 30.2 Å². The van der Waals surface area contributed by atoms with E-state index in [0.29, 0.717) is 43.5 Å². The number of pyridine rings is 2. The first-order valence-corrected chi connectivity index (χ1v) is 11.0. The van der Waals surface area contributed by atoms with E-state index in [0.717, 1.165) is 28.1 Å². The minimum atomic E-state index is -0.0350. The number of nitrogens with zero attached hydrogens (tertiary/aromatic N) is 6. The largest absolute Gasteiger partial charge is 0.353 e. The fraction of sp³-hybridized carbons (Fsp3) is 0.240. The topological polar surface area (TPSA) is 87.1 Å². The first-order chi connectivity index (χ1) is 16.0. The first-order valence-electron chi connectivity index (χ1n) is 11.0. The number of amides is 1. The molecule has 4 heterocycles. The third-order valence-corrected chi connectivity index (χ3v) is 5.70. The molecule has 1 saturated heterocycles. The van der Waals surface area contributed by atoms with Gasteiger partial charge in [-0.3, -0.25) is 4.79 Å². The second-order valence-corrected chi connectivity index (χ2v) is 8.17. The van der Waals surface area contributed by atoms with Gasteiger partial charge in [-0.1, -0.05) is 24.3 Å². The number of rotatable bonds is 4. The van der Waals surface area contributed by atoms with Gasteiger partial charge in [0.25, 0.3) is 5.91 Å². The molecule has 5 rings (SSSR count). The van der Waals surface area contributed by atoms with Crippen molar-refractivity contribution in [3.8, 4) is 0 Å². The molecule has 4 aromatic rings. The number of aromatic nitrogens is 4. The number of carbonyl (C=O) groups excluding carboxylic acids is 1. The van der Waals surface area contributed by atoms with Gasteiger partial charge < -0.3 is 15.1 Å². The molecular weight excluding hydrogens is 414 g/mol. The average molecular weight is 440 g/mol. The van der Waals surface area contributed by atoms with Crippen LogP contribution in [0.15, 0.2) is 60.8 Å². The second-order valence-electron chi connectivity index (χ2n) is 8.17. The molecule has 0 bridgehead atoms. The van der Waals surface area contributed by atoms with Crippen molar-refractivity contribution in [1.29, 1.82) is 0 Å². The highest BCUT2D eigenvalue weighted by Gasteiger charge is 2.24. The highest BCUT2D eigenvalue weighted by molar-refractivity contribution is 5.95. The molecule has 1 N–H and O–H groups in total. The molecule has 8 nitrogen and oxygen atoms in total. The highest BCUT2D eigenvalue weighted by atomic mass is 16.2. The van der Waals surface area contributed by atoms with Crippen molar-refractivity contribution in [2.24, 2.45) is 0 Å². The number of aryl methyl sites for hydroxylation is 2. The third kappa shape index (κ3) is 4.59. The maximum atomic E-state index is 13.0. The van der Waals surface area contributed by atoms with E-state index in [1.54, 1.807) is 6.20 Å². The number of nitrogens with one attached hydrogen (secondary N) is 1. The second kappa shape index (κ2) is 8.82. The van der Waals surface area contributed by atoms with Crippen LogP contribution < -0.4 is 10.2 Å². The lowest BCUT2D eigenvalue weighted by Crippen LogP contribution is -2.49. The van der Waals surface area contributed by atoms with Crippen molar-refractivity contribution in [2.45, 2.75) is 13.8 Å². The Kier molecular flexibility index (Phi) is 5.56. The van der Waals surface area contributed by atoms with E-state index >= 15 is 0 Å². The third-order valence-electron chi connectivity index (χ3n) is 5.70. The molecule has 0 saturated carbocycles. The van der Waals surface area contributed by atoms with Gasteiger partial charge in [-0.2, -0.15) is 0 Å². The van der Waals surface area contributed by atoms with Crippen molar-refractivity contribution < 1.29 is 4.79 Å². The van der Waals surface area contributed by atoms with E-state index in [4.69, 9.17) is 0 Å². The molecule has 1 fully saturated rings. The summed E-state index contributed by atoms with van der Waals surface area (Å²) in [5, 5.41) is 4.30. The van der Waals surface area contributed by atoms with Crippen LogP contribution in [-0.4, -0.2) is 56.9 Å². The quantitative estimate of drug-likeness (QED) is 0.518. The Balaban J connectivity index is 1.27. The smallest absolute Gasteiger partial charge is 0.272 e. The predicted molar refractivity (Wildman–Crippen MR) is 129 cm³/mol. The van der Waals surface area contributed by atoms with E-state index in [-0.39, 0.29) is 5.91 Å². The molecule has 33 heavy (non-hydrogen) atoms. The lowest BCUT2D eigenvalue weighted by molar-refractivity contribution is 0.0741. The van der Waals surface area contributed by atoms with Gasteiger partial charge in [0.1, 0.15) is 29.0 Å². The molecule has 1 aliphatic heterocycles. The van der Waals surface area contributed by atoms with Gasteiger partial charge in [0.05, 0.1) is 5.52 Å². The molecule has 1 aliphatic rings. The Morgan fingerprint density at radius 2 is 1.70 bits per heavy atom. The Morgan fingerprint density at radius 1 is 0.879 bits per heavy atom. The van der Waals surface area contributed by atoms with Crippen molar-refractivity contribution in [2.75, 3.05) is 36.4 Å². The van der Waals surface area contributed by atoms with Crippen LogP contribution in [0.2, 0.25) is 0 Å². The molecule has 166 valence electrons. The van der Waals surface area contributed by atoms with E-state index in [9.17, 15) is 4.79 Å². The number of hydrogen-bond acceptors (Lipinski definition) is 7. The summed E-state index contributed by atoms with van der Waals surface area (Å²) >= 11 is 0. The maximum Gasteiger partial charge on any atom is 0.272 e. The summed E-state index contributed by atoms with van der Waals surface area (Å²) in [7, 11) is 0. The van der Waals surface area contributed by atoms with E-state index < -0.39 is 0 Å². The van der Waals surface area contributed by atoms with Crippen LogP contribution in [0.3, 0.4) is 0 Å². The highest BCUT2D eigenvalue weighted by Crippen LogP contribution is 2.21. The summed E-state index contributed by atoms with van der Waals surface area (Å²) in [6.07, 6.45) is 1.77. The SMILES string of the molecule is Cc1ccnc(Nc2cc(N3CCN(C(=O)c4ccc5ccccc5n4)CC3)nc(C)n2)c1. The summed E-state index contributed by atoms with van der Waals surface area (Å²) in [5.41, 5.74) is 2.44. The zero-order chi connectivity index (χ0) is 22.8. The first kappa shape index (κ1) is 20.8. The van der Waals surface area contributed by atoms with Crippen LogP contribution in [0.1, 0.15) is 21.9 Å². The molecule has 0 radical (unpaired) electrons.